The summed E-state index contributed by atoms with van der Waals surface area (Å²) in [6.07, 6.45) is 6.18. The molecule has 1 rings (SSSR count). The van der Waals surface area contributed by atoms with E-state index >= 15 is 0 Å². The molecule has 0 spiro atoms. The van der Waals surface area contributed by atoms with Gasteiger partial charge < -0.3 is 4.74 Å². The third-order valence-corrected chi connectivity index (χ3v) is 2.96. The van der Waals surface area contributed by atoms with Crippen molar-refractivity contribution in [3.05, 3.63) is 12.2 Å². The number of amides is 1. The molecular weight excluding hydrogens is 230 g/mol. The molecule has 1 heterocycles. The van der Waals surface area contributed by atoms with Gasteiger partial charge in [0.15, 0.2) is 0 Å². The molecule has 0 bridgehead atoms. The number of carbonyl (C=O) groups is 1. The van der Waals surface area contributed by atoms with Gasteiger partial charge in [-0.2, -0.15) is 0 Å². The van der Waals surface area contributed by atoms with Crippen LogP contribution in [0.4, 0.5) is 0 Å². The molecule has 102 valence electrons. The van der Waals surface area contributed by atoms with Crippen LogP contribution in [0, 0.1) is 5.92 Å². The van der Waals surface area contributed by atoms with E-state index in [9.17, 15) is 4.79 Å². The molecular formula is C13H23N3O2. The molecule has 0 aliphatic carbocycles. The Bertz CT molecular complexity index is 320. The van der Waals surface area contributed by atoms with E-state index in [-0.39, 0.29) is 5.91 Å². The smallest absolute Gasteiger partial charge is 0.264 e. The summed E-state index contributed by atoms with van der Waals surface area (Å²) in [6.45, 7) is 3.52. The molecule has 1 saturated heterocycles. The van der Waals surface area contributed by atoms with Crippen molar-refractivity contribution in [3.63, 3.8) is 0 Å². The molecule has 5 nitrogen and oxygen atoms in total. The van der Waals surface area contributed by atoms with Crippen LogP contribution in [-0.4, -0.2) is 44.1 Å². The molecule has 0 unspecified atom stereocenters. The van der Waals surface area contributed by atoms with E-state index in [1.165, 1.54) is 5.01 Å². The van der Waals surface area contributed by atoms with Crippen LogP contribution in [0.1, 0.15) is 26.2 Å². The zero-order chi connectivity index (χ0) is 13.4. The average molecular weight is 253 g/mol. The van der Waals surface area contributed by atoms with E-state index in [0.29, 0.717) is 5.92 Å². The van der Waals surface area contributed by atoms with Crippen LogP contribution in [0.5, 0.6) is 0 Å². The van der Waals surface area contributed by atoms with Gasteiger partial charge in [0.05, 0.1) is 0 Å². The number of ether oxygens (including phenoxy) is 1. The van der Waals surface area contributed by atoms with Crippen LogP contribution in [0.2, 0.25) is 0 Å². The van der Waals surface area contributed by atoms with Crippen molar-refractivity contribution in [3.8, 4) is 0 Å². The number of nitrogens with one attached hydrogen (secondary N) is 1. The highest BCUT2D eigenvalue weighted by Crippen LogP contribution is 2.15. The largest absolute Gasteiger partial charge is 0.381 e. The molecule has 0 saturated carbocycles. The number of hydrogen-bond donors (Lipinski definition) is 1. The lowest BCUT2D eigenvalue weighted by Crippen LogP contribution is -2.46. The summed E-state index contributed by atoms with van der Waals surface area (Å²) in [5.41, 5.74) is 3.07. The topological polar surface area (TPSA) is 53.9 Å². The minimum absolute atomic E-state index is 0.0648. The van der Waals surface area contributed by atoms with E-state index in [1.807, 2.05) is 13.0 Å². The molecule has 0 aromatic heterocycles. The van der Waals surface area contributed by atoms with Crippen LogP contribution >= 0.6 is 0 Å². The number of amidine groups is 1. The fourth-order valence-electron chi connectivity index (χ4n) is 1.85. The molecule has 1 fully saturated rings. The first kappa shape index (κ1) is 14.7. The Hall–Kier alpha value is -1.36. The van der Waals surface area contributed by atoms with Gasteiger partial charge in [0.1, 0.15) is 5.84 Å². The summed E-state index contributed by atoms with van der Waals surface area (Å²) >= 11 is 0. The molecule has 1 aliphatic rings. The van der Waals surface area contributed by atoms with Crippen molar-refractivity contribution < 1.29 is 9.53 Å². The quantitative estimate of drug-likeness (QED) is 0.358. The highest BCUT2D eigenvalue weighted by molar-refractivity contribution is 5.91. The number of nitrogens with zero attached hydrogens (tertiary/aromatic N) is 2. The van der Waals surface area contributed by atoms with Crippen molar-refractivity contribution in [2.75, 3.05) is 27.3 Å². The number of likely N-dealkylation sites (N-methyl/N-ethyl adjacent to an activating group) is 1. The molecule has 0 aromatic carbocycles. The molecule has 18 heavy (non-hydrogen) atoms. The fraction of sp³-hybridized carbons (Fsp3) is 0.692. The van der Waals surface area contributed by atoms with Gasteiger partial charge in [0, 0.05) is 39.3 Å². The van der Waals surface area contributed by atoms with Gasteiger partial charge in [-0.05, 0) is 19.3 Å². The molecule has 5 heteroatoms. The minimum Gasteiger partial charge on any atom is -0.381 e. The minimum atomic E-state index is -0.0648. The maximum Gasteiger partial charge on any atom is 0.264 e. The van der Waals surface area contributed by atoms with Crippen molar-refractivity contribution in [2.45, 2.75) is 26.2 Å². The second-order valence-electron chi connectivity index (χ2n) is 4.32. The third kappa shape index (κ3) is 4.49. The zero-order valence-corrected chi connectivity index (χ0v) is 11.5. The molecule has 0 atom stereocenters. The van der Waals surface area contributed by atoms with Crippen LogP contribution < -0.4 is 5.43 Å². The van der Waals surface area contributed by atoms with Crippen molar-refractivity contribution in [2.24, 2.45) is 10.9 Å². The number of carbonyl (C=O) groups excluding carboxylic acids is 1. The number of hydrogen-bond acceptors (Lipinski definition) is 3. The molecule has 1 amide bonds. The SMILES string of the molecule is CC/C=C\C(=O)N(C)NC(=NC)C1CCOCC1. The second kappa shape index (κ2) is 7.87. The summed E-state index contributed by atoms with van der Waals surface area (Å²) in [5, 5.41) is 1.48. The summed E-state index contributed by atoms with van der Waals surface area (Å²) < 4.78 is 5.33. The summed E-state index contributed by atoms with van der Waals surface area (Å²) in [6, 6.07) is 0. The van der Waals surface area contributed by atoms with Gasteiger partial charge in [-0.1, -0.05) is 13.0 Å². The first-order valence-corrected chi connectivity index (χ1v) is 6.44. The summed E-state index contributed by atoms with van der Waals surface area (Å²) in [4.78, 5) is 16.0. The Morgan fingerprint density at radius 1 is 1.50 bits per heavy atom. The van der Waals surface area contributed by atoms with E-state index in [0.717, 1.165) is 38.3 Å². The Labute approximate surface area is 109 Å². The molecule has 0 aromatic rings. The molecule has 0 radical (unpaired) electrons. The normalized spacial score (nSPS) is 18.1. The van der Waals surface area contributed by atoms with Gasteiger partial charge in [-0.3, -0.25) is 20.2 Å². The Morgan fingerprint density at radius 2 is 2.17 bits per heavy atom. The van der Waals surface area contributed by atoms with Gasteiger partial charge in [-0.25, -0.2) is 0 Å². The number of rotatable bonds is 3. The number of allylic oxidation sites excluding steroid dienone is 1. The Kier molecular flexibility index (Phi) is 6.43. The lowest BCUT2D eigenvalue weighted by Gasteiger charge is -2.27. The molecule has 1 aliphatic heterocycles. The van der Waals surface area contributed by atoms with Crippen LogP contribution in [0.25, 0.3) is 0 Å². The molecule has 1 N–H and O–H groups in total. The standard InChI is InChI=1S/C13H23N3O2/c1-4-5-6-12(17)16(3)15-13(14-2)11-7-9-18-10-8-11/h5-6,11H,4,7-10H2,1-3H3,(H,14,15)/b6-5-. The first-order chi connectivity index (χ1) is 8.69. The van der Waals surface area contributed by atoms with Crippen molar-refractivity contribution in [1.82, 2.24) is 10.4 Å². The predicted molar refractivity (Wildman–Crippen MR) is 72.2 cm³/mol. The highest BCUT2D eigenvalue weighted by atomic mass is 16.5. The zero-order valence-electron chi connectivity index (χ0n) is 11.5. The first-order valence-electron chi connectivity index (χ1n) is 6.44. The van der Waals surface area contributed by atoms with Crippen LogP contribution in [0.15, 0.2) is 17.1 Å². The lowest BCUT2D eigenvalue weighted by atomic mass is 9.99. The monoisotopic (exact) mass is 253 g/mol. The summed E-state index contributed by atoms with van der Waals surface area (Å²) in [5.74, 6) is 1.15. The maximum atomic E-state index is 11.7. The van der Waals surface area contributed by atoms with E-state index < -0.39 is 0 Å². The van der Waals surface area contributed by atoms with Gasteiger partial charge in [-0.15, -0.1) is 0 Å². The highest BCUT2D eigenvalue weighted by Gasteiger charge is 2.20. The van der Waals surface area contributed by atoms with Crippen molar-refractivity contribution >= 4 is 11.7 Å². The number of aliphatic imine (C=N–C) groups is 1. The predicted octanol–water partition coefficient (Wildman–Crippen LogP) is 1.37. The lowest BCUT2D eigenvalue weighted by molar-refractivity contribution is -0.126. The Balaban J connectivity index is 2.52. The van der Waals surface area contributed by atoms with E-state index in [1.54, 1.807) is 20.2 Å². The van der Waals surface area contributed by atoms with E-state index in [2.05, 4.69) is 10.4 Å². The van der Waals surface area contributed by atoms with Crippen molar-refractivity contribution in [1.29, 1.82) is 0 Å². The maximum absolute atomic E-state index is 11.7. The second-order valence-corrected chi connectivity index (χ2v) is 4.32. The van der Waals surface area contributed by atoms with Gasteiger partial charge in [0.25, 0.3) is 5.91 Å². The fourth-order valence-corrected chi connectivity index (χ4v) is 1.85. The van der Waals surface area contributed by atoms with E-state index in [4.69, 9.17) is 4.74 Å². The van der Waals surface area contributed by atoms with Gasteiger partial charge in [0.2, 0.25) is 0 Å². The van der Waals surface area contributed by atoms with Crippen LogP contribution in [-0.2, 0) is 9.53 Å². The van der Waals surface area contributed by atoms with Gasteiger partial charge >= 0.3 is 0 Å². The number of hydrazine groups is 1. The average Bonchev–Trinajstić information content (AvgIpc) is 2.42. The van der Waals surface area contributed by atoms with Crippen LogP contribution in [0.3, 0.4) is 0 Å². The summed E-state index contributed by atoms with van der Waals surface area (Å²) in [7, 11) is 3.46. The Morgan fingerprint density at radius 3 is 2.72 bits per heavy atom. The third-order valence-electron chi connectivity index (χ3n) is 2.96.